The third kappa shape index (κ3) is 1.67. The zero-order chi connectivity index (χ0) is 16.3. The van der Waals surface area contributed by atoms with Crippen LogP contribution in [0.25, 0.3) is 0 Å². The lowest BCUT2D eigenvalue weighted by molar-refractivity contribution is -0.150. The van der Waals surface area contributed by atoms with Gasteiger partial charge in [0.05, 0.1) is 10.2 Å². The van der Waals surface area contributed by atoms with Gasteiger partial charge in [-0.3, -0.25) is 9.59 Å². The van der Waals surface area contributed by atoms with Gasteiger partial charge in [0.2, 0.25) is 0 Å². The highest BCUT2D eigenvalue weighted by Crippen LogP contribution is 2.72. The average Bonchev–Trinajstić information content (AvgIpc) is 2.74. The van der Waals surface area contributed by atoms with E-state index in [1.54, 1.807) is 12.1 Å². The molecule has 2 fully saturated rings. The Bertz CT molecular complexity index is 649. The van der Waals surface area contributed by atoms with Crippen molar-refractivity contribution >= 4 is 27.7 Å². The van der Waals surface area contributed by atoms with Crippen LogP contribution in [0.5, 0.6) is 5.75 Å². The number of ether oxygens (including phenoxy) is 1. The molecule has 2 saturated carbocycles. The molecule has 2 bridgehead atoms. The molecule has 22 heavy (non-hydrogen) atoms. The highest BCUT2D eigenvalue weighted by Gasteiger charge is 2.77. The number of Topliss-reactive ketones (excluding diaryl/α,β-unsaturated/α-hetero) is 1. The molecular formula is C18H21BrO3. The Hall–Kier alpha value is -1.16. The first kappa shape index (κ1) is 15.7. The van der Waals surface area contributed by atoms with Crippen LogP contribution >= 0.6 is 15.9 Å². The number of hydrogen-bond acceptors (Lipinski definition) is 3. The number of rotatable bonds is 2. The lowest BCUT2D eigenvalue weighted by Gasteiger charge is -2.38. The van der Waals surface area contributed by atoms with E-state index in [9.17, 15) is 9.59 Å². The van der Waals surface area contributed by atoms with Crippen LogP contribution in [0.15, 0.2) is 24.3 Å². The molecule has 1 aromatic carbocycles. The molecule has 4 heteroatoms. The predicted molar refractivity (Wildman–Crippen MR) is 88.1 cm³/mol. The third-order valence-electron chi connectivity index (χ3n) is 6.32. The van der Waals surface area contributed by atoms with Crippen LogP contribution < -0.4 is 4.74 Å². The molecule has 3 unspecified atom stereocenters. The molecule has 2 aliphatic rings. The van der Waals surface area contributed by atoms with E-state index < -0.39 is 21.1 Å². The van der Waals surface area contributed by atoms with Crippen LogP contribution in [0, 0.1) is 23.2 Å². The summed E-state index contributed by atoms with van der Waals surface area (Å²) < 4.78 is 5.65. The Morgan fingerprint density at radius 2 is 1.77 bits per heavy atom. The van der Waals surface area contributed by atoms with E-state index in [0.717, 1.165) is 12.0 Å². The minimum atomic E-state index is -0.788. The van der Waals surface area contributed by atoms with Gasteiger partial charge in [0, 0.05) is 5.41 Å². The molecular weight excluding hydrogens is 344 g/mol. The molecule has 0 radical (unpaired) electrons. The SMILES string of the molecule is Cc1ccc(OC(=O)C23CCC(C)(C(=O)C2Br)C3(C)C)cc1. The standard InChI is InChI=1S/C18H21BrO3/c1-11-5-7-12(8-6-11)22-15(21)18-10-9-17(4,16(18,2)3)14(20)13(18)19/h5-8,13H,9-10H2,1-4H3. The van der Waals surface area contributed by atoms with Crippen LogP contribution in [0.3, 0.4) is 0 Å². The second kappa shape index (κ2) is 4.67. The Labute approximate surface area is 139 Å². The van der Waals surface area contributed by atoms with E-state index in [1.165, 1.54) is 0 Å². The fourth-order valence-electron chi connectivity index (χ4n) is 4.21. The molecule has 0 N–H and O–H groups in total. The van der Waals surface area contributed by atoms with Gasteiger partial charge >= 0.3 is 5.97 Å². The van der Waals surface area contributed by atoms with Gasteiger partial charge in [-0.15, -0.1) is 0 Å². The number of carbonyl (C=O) groups excluding carboxylic acids is 2. The van der Waals surface area contributed by atoms with E-state index in [2.05, 4.69) is 15.9 Å². The van der Waals surface area contributed by atoms with E-state index in [1.807, 2.05) is 39.8 Å². The summed E-state index contributed by atoms with van der Waals surface area (Å²) in [4.78, 5) is 25.2. The van der Waals surface area contributed by atoms with Crippen LogP contribution in [0.2, 0.25) is 0 Å². The van der Waals surface area contributed by atoms with Crippen molar-refractivity contribution in [2.75, 3.05) is 0 Å². The van der Waals surface area contributed by atoms with Gasteiger partial charge in [-0.2, -0.15) is 0 Å². The number of esters is 1. The Morgan fingerprint density at radius 1 is 1.18 bits per heavy atom. The van der Waals surface area contributed by atoms with Crippen LogP contribution in [0.4, 0.5) is 0 Å². The summed E-state index contributed by atoms with van der Waals surface area (Å²) in [5.74, 6) is 0.371. The number of aryl methyl sites for hydroxylation is 1. The number of carbonyl (C=O) groups is 2. The average molecular weight is 365 g/mol. The second-order valence-electron chi connectivity index (χ2n) is 7.36. The van der Waals surface area contributed by atoms with Crippen molar-refractivity contribution in [1.82, 2.24) is 0 Å². The molecule has 0 saturated heterocycles. The van der Waals surface area contributed by atoms with Crippen molar-refractivity contribution in [2.24, 2.45) is 16.2 Å². The van der Waals surface area contributed by atoms with Crippen molar-refractivity contribution in [3.8, 4) is 5.75 Å². The molecule has 0 spiro atoms. The lowest BCUT2D eigenvalue weighted by Crippen LogP contribution is -2.47. The summed E-state index contributed by atoms with van der Waals surface area (Å²) in [5.41, 5.74) is -0.564. The molecule has 3 nitrogen and oxygen atoms in total. The monoisotopic (exact) mass is 364 g/mol. The predicted octanol–water partition coefficient (Wildman–Crippen LogP) is 4.06. The van der Waals surface area contributed by atoms with Gasteiger partial charge in [-0.25, -0.2) is 0 Å². The molecule has 2 aliphatic carbocycles. The van der Waals surface area contributed by atoms with E-state index >= 15 is 0 Å². The Morgan fingerprint density at radius 3 is 2.27 bits per heavy atom. The number of ketones is 1. The summed E-state index contributed by atoms with van der Waals surface area (Å²) in [5, 5.41) is 0. The summed E-state index contributed by atoms with van der Waals surface area (Å²) in [6.45, 7) is 8.02. The number of halogens is 1. The minimum Gasteiger partial charge on any atom is -0.426 e. The van der Waals surface area contributed by atoms with Gasteiger partial charge in [-0.05, 0) is 37.3 Å². The van der Waals surface area contributed by atoms with Gasteiger partial charge in [0.1, 0.15) is 5.75 Å². The first-order valence-electron chi connectivity index (χ1n) is 7.64. The van der Waals surface area contributed by atoms with Gasteiger partial charge in [-0.1, -0.05) is 54.4 Å². The normalized spacial score (nSPS) is 35.7. The molecule has 3 atom stereocenters. The van der Waals surface area contributed by atoms with Crippen molar-refractivity contribution in [3.05, 3.63) is 29.8 Å². The summed E-state index contributed by atoms with van der Waals surface area (Å²) in [6.07, 6.45) is 1.42. The highest BCUT2D eigenvalue weighted by atomic mass is 79.9. The maximum absolute atomic E-state index is 13.0. The van der Waals surface area contributed by atoms with Crippen molar-refractivity contribution in [3.63, 3.8) is 0 Å². The van der Waals surface area contributed by atoms with Gasteiger partial charge in [0.15, 0.2) is 5.78 Å². The zero-order valence-electron chi connectivity index (χ0n) is 13.4. The van der Waals surface area contributed by atoms with Crippen LogP contribution in [-0.4, -0.2) is 16.6 Å². The molecule has 0 aromatic heterocycles. The Balaban J connectivity index is 1.97. The van der Waals surface area contributed by atoms with Gasteiger partial charge in [0.25, 0.3) is 0 Å². The van der Waals surface area contributed by atoms with Gasteiger partial charge < -0.3 is 4.74 Å². The topological polar surface area (TPSA) is 43.4 Å². The first-order chi connectivity index (χ1) is 10.2. The highest BCUT2D eigenvalue weighted by molar-refractivity contribution is 9.10. The van der Waals surface area contributed by atoms with Crippen LogP contribution in [0.1, 0.15) is 39.2 Å². The molecule has 0 heterocycles. The number of alkyl halides is 1. The fraction of sp³-hybridized carbons (Fsp3) is 0.556. The quantitative estimate of drug-likeness (QED) is 0.451. The smallest absolute Gasteiger partial charge is 0.319 e. The van der Waals surface area contributed by atoms with E-state index in [-0.39, 0.29) is 11.8 Å². The first-order valence-corrected chi connectivity index (χ1v) is 8.56. The van der Waals surface area contributed by atoms with Crippen molar-refractivity contribution < 1.29 is 14.3 Å². The largest absolute Gasteiger partial charge is 0.426 e. The van der Waals surface area contributed by atoms with Crippen molar-refractivity contribution in [1.29, 1.82) is 0 Å². The molecule has 0 amide bonds. The van der Waals surface area contributed by atoms with Crippen LogP contribution in [-0.2, 0) is 9.59 Å². The summed E-state index contributed by atoms with van der Waals surface area (Å²) >= 11 is 3.50. The van der Waals surface area contributed by atoms with E-state index in [0.29, 0.717) is 12.2 Å². The summed E-state index contributed by atoms with van der Waals surface area (Å²) in [6, 6.07) is 7.42. The number of fused-ring (bicyclic) bond motifs is 2. The third-order valence-corrected chi connectivity index (χ3v) is 7.51. The lowest BCUT2D eigenvalue weighted by atomic mass is 9.65. The molecule has 1 aromatic rings. The maximum Gasteiger partial charge on any atom is 0.319 e. The fourth-order valence-corrected chi connectivity index (χ4v) is 5.70. The molecule has 3 rings (SSSR count). The number of benzene rings is 1. The second-order valence-corrected chi connectivity index (χ2v) is 8.27. The molecule has 118 valence electrons. The molecule has 0 aliphatic heterocycles. The number of hydrogen-bond donors (Lipinski definition) is 0. The summed E-state index contributed by atoms with van der Waals surface area (Å²) in [7, 11) is 0. The Kier molecular flexibility index (Phi) is 3.34. The van der Waals surface area contributed by atoms with Crippen molar-refractivity contribution in [2.45, 2.75) is 45.4 Å². The maximum atomic E-state index is 13.0. The minimum absolute atomic E-state index is 0.129. The van der Waals surface area contributed by atoms with E-state index in [4.69, 9.17) is 4.74 Å². The zero-order valence-corrected chi connectivity index (χ0v) is 15.0.